The first-order valence-electron chi connectivity index (χ1n) is 10.8. The summed E-state index contributed by atoms with van der Waals surface area (Å²) in [5.41, 5.74) is 4.25. The van der Waals surface area contributed by atoms with Crippen molar-refractivity contribution in [1.82, 2.24) is 4.98 Å². The van der Waals surface area contributed by atoms with E-state index in [0.29, 0.717) is 30.7 Å². The molecule has 2 amide bonds. The van der Waals surface area contributed by atoms with Gasteiger partial charge in [-0.15, -0.1) is 0 Å². The number of carbonyl (C=O) groups excluding carboxylic acids is 2. The maximum atomic E-state index is 11.6. The molecular weight excluding hydrogens is 566 g/mol. The van der Waals surface area contributed by atoms with Gasteiger partial charge in [0.05, 0.1) is 17.1 Å². The summed E-state index contributed by atoms with van der Waals surface area (Å²) < 4.78 is 7.80. The lowest BCUT2D eigenvalue weighted by molar-refractivity contribution is -0.117. The molecule has 7 nitrogen and oxygen atoms in total. The number of halogens is 2. The summed E-state index contributed by atoms with van der Waals surface area (Å²) in [6.07, 6.45) is 3.97. The minimum Gasteiger partial charge on any atom is -0.506 e. The van der Waals surface area contributed by atoms with Gasteiger partial charge in [-0.1, -0.05) is 37.9 Å². The molecule has 2 aliphatic heterocycles. The van der Waals surface area contributed by atoms with Crippen LogP contribution < -0.4 is 15.4 Å². The summed E-state index contributed by atoms with van der Waals surface area (Å²) in [6, 6.07) is 13.1. The number of phenols is 1. The first-order chi connectivity index (χ1) is 16.3. The fraction of sp³-hybridized carbons (Fsp3) is 0.240. The quantitative estimate of drug-likeness (QED) is 0.330. The van der Waals surface area contributed by atoms with Crippen LogP contribution in [0, 0.1) is 0 Å². The Labute approximate surface area is 214 Å². The Kier molecular flexibility index (Phi) is 7.53. The fourth-order valence-corrected chi connectivity index (χ4v) is 4.80. The molecule has 3 aromatic rings. The topological polar surface area (TPSA) is 101 Å². The first kappa shape index (κ1) is 24.2. The van der Waals surface area contributed by atoms with Crippen LogP contribution in [0.4, 0.5) is 11.4 Å². The third-order valence-corrected chi connectivity index (χ3v) is 6.41. The zero-order valence-corrected chi connectivity index (χ0v) is 21.6. The molecule has 34 heavy (non-hydrogen) atoms. The number of ether oxygens (including phenoxy) is 1. The number of aryl methyl sites for hydroxylation is 2. The average Bonchev–Trinajstić information content (AvgIpc) is 2.81. The van der Waals surface area contributed by atoms with Crippen molar-refractivity contribution in [2.24, 2.45) is 0 Å². The van der Waals surface area contributed by atoms with E-state index < -0.39 is 0 Å². The second-order valence-electron chi connectivity index (χ2n) is 8.01. The molecule has 0 saturated carbocycles. The van der Waals surface area contributed by atoms with Crippen LogP contribution in [0.25, 0.3) is 0 Å². The Bertz CT molecular complexity index is 1230. The molecule has 9 heteroatoms. The van der Waals surface area contributed by atoms with Gasteiger partial charge >= 0.3 is 0 Å². The van der Waals surface area contributed by atoms with Crippen LogP contribution in [-0.2, 0) is 22.4 Å². The highest BCUT2D eigenvalue weighted by molar-refractivity contribution is 9.10. The van der Waals surface area contributed by atoms with Crippen LogP contribution in [0.3, 0.4) is 0 Å². The molecule has 1 unspecified atom stereocenters. The number of phenolic OH excluding ortho intramolecular Hbond substituents is 1. The third kappa shape index (κ3) is 5.77. The van der Waals surface area contributed by atoms with Gasteiger partial charge in [-0.3, -0.25) is 14.6 Å². The second-order valence-corrected chi connectivity index (χ2v) is 9.84. The largest absolute Gasteiger partial charge is 0.506 e. The van der Waals surface area contributed by atoms with E-state index >= 15 is 0 Å². The zero-order valence-electron chi connectivity index (χ0n) is 18.4. The van der Waals surface area contributed by atoms with Crippen LogP contribution in [0.5, 0.6) is 11.5 Å². The van der Waals surface area contributed by atoms with Gasteiger partial charge in [0.15, 0.2) is 0 Å². The van der Waals surface area contributed by atoms with Crippen LogP contribution in [-0.4, -0.2) is 21.9 Å². The molecule has 0 fully saturated rings. The summed E-state index contributed by atoms with van der Waals surface area (Å²) in [7, 11) is 0. The molecule has 176 valence electrons. The number of amides is 2. The molecule has 2 aliphatic rings. The third-order valence-electron chi connectivity index (χ3n) is 5.49. The van der Waals surface area contributed by atoms with E-state index in [9.17, 15) is 14.7 Å². The Morgan fingerprint density at radius 1 is 0.912 bits per heavy atom. The highest BCUT2D eigenvalue weighted by Gasteiger charge is 2.21. The molecule has 0 radical (unpaired) electrons. The number of nitrogens with zero attached hydrogens (tertiary/aromatic N) is 1. The monoisotopic (exact) mass is 587 g/mol. The number of rotatable bonds is 3. The van der Waals surface area contributed by atoms with Crippen LogP contribution in [0.2, 0.25) is 0 Å². The first-order valence-corrected chi connectivity index (χ1v) is 12.4. The van der Waals surface area contributed by atoms with E-state index in [2.05, 4.69) is 47.5 Å². The van der Waals surface area contributed by atoms with E-state index in [0.717, 1.165) is 37.9 Å². The molecule has 1 atom stereocenters. The number of aromatic hydroxyl groups is 1. The van der Waals surface area contributed by atoms with E-state index in [-0.39, 0.29) is 23.7 Å². The van der Waals surface area contributed by atoms with Gasteiger partial charge in [0.2, 0.25) is 11.8 Å². The van der Waals surface area contributed by atoms with E-state index in [1.807, 2.05) is 43.3 Å². The van der Waals surface area contributed by atoms with Gasteiger partial charge in [0, 0.05) is 28.0 Å². The Morgan fingerprint density at radius 2 is 1.53 bits per heavy atom. The summed E-state index contributed by atoms with van der Waals surface area (Å²) in [6.45, 7) is 1.94. The number of aromatic nitrogens is 1. The normalized spacial score (nSPS) is 15.0. The van der Waals surface area contributed by atoms with Crippen LogP contribution in [0.15, 0.2) is 57.6 Å². The van der Waals surface area contributed by atoms with Crippen molar-refractivity contribution < 1.29 is 19.4 Å². The lowest BCUT2D eigenvalue weighted by Gasteiger charge is -2.23. The maximum Gasteiger partial charge on any atom is 0.224 e. The van der Waals surface area contributed by atoms with Crippen molar-refractivity contribution in [1.29, 1.82) is 0 Å². The lowest BCUT2D eigenvalue weighted by atomic mass is 10.0. The van der Waals surface area contributed by atoms with Crippen LogP contribution >= 0.6 is 31.9 Å². The van der Waals surface area contributed by atoms with Crippen molar-refractivity contribution in [3.63, 3.8) is 0 Å². The number of carbonyl (C=O) groups is 2. The average molecular weight is 589 g/mol. The van der Waals surface area contributed by atoms with Gasteiger partial charge in [-0.05, 0) is 67.3 Å². The second kappa shape index (κ2) is 10.6. The molecule has 0 bridgehead atoms. The Balaban J connectivity index is 0.000000180. The minimum absolute atomic E-state index is 0.0279. The number of hydrogen-bond acceptors (Lipinski definition) is 5. The van der Waals surface area contributed by atoms with Crippen molar-refractivity contribution in [2.75, 3.05) is 10.6 Å². The number of anilines is 2. The van der Waals surface area contributed by atoms with Gasteiger partial charge < -0.3 is 20.5 Å². The van der Waals surface area contributed by atoms with Crippen molar-refractivity contribution in [3.05, 3.63) is 74.4 Å². The van der Waals surface area contributed by atoms with Crippen LogP contribution in [0.1, 0.15) is 42.7 Å². The summed E-state index contributed by atoms with van der Waals surface area (Å²) in [4.78, 5) is 27.0. The van der Waals surface area contributed by atoms with Gasteiger partial charge in [0.25, 0.3) is 0 Å². The van der Waals surface area contributed by atoms with E-state index in [1.165, 1.54) is 0 Å². The standard InChI is InChI=1S/C16H15BrN2O2.C9H8BrNO2/c1-10(13-4-2-3-7-18-13)21-14-9-12(17)8-11-5-6-15(20)19-16(11)14;10-6-3-5-1-2-8(13)11-9(5)7(12)4-6/h2-4,7-10H,5-6H2,1H3,(H,19,20);3-4,12H,1-2H2,(H,11,13). The zero-order chi connectivity index (χ0) is 24.2. The lowest BCUT2D eigenvalue weighted by Crippen LogP contribution is -2.20. The molecule has 0 saturated heterocycles. The minimum atomic E-state index is -0.191. The number of hydrogen-bond donors (Lipinski definition) is 3. The molecule has 3 N–H and O–H groups in total. The molecule has 2 aromatic carbocycles. The molecule has 5 rings (SSSR count). The van der Waals surface area contributed by atoms with Crippen molar-refractivity contribution in [3.8, 4) is 11.5 Å². The summed E-state index contributed by atoms with van der Waals surface area (Å²) in [5, 5.41) is 15.1. The number of nitrogens with one attached hydrogen (secondary N) is 2. The summed E-state index contributed by atoms with van der Waals surface area (Å²) >= 11 is 6.78. The predicted octanol–water partition coefficient (Wildman–Crippen LogP) is 5.91. The Hall–Kier alpha value is -2.91. The fourth-order valence-electron chi connectivity index (χ4n) is 3.82. The van der Waals surface area contributed by atoms with Gasteiger partial charge in [0.1, 0.15) is 17.6 Å². The SMILES string of the molecule is CC(Oc1cc(Br)cc2c1NC(=O)CC2)c1ccccn1.O=C1CCc2cc(Br)cc(O)c2N1. The molecule has 0 spiro atoms. The smallest absolute Gasteiger partial charge is 0.224 e. The van der Waals surface area contributed by atoms with Gasteiger partial charge in [-0.25, -0.2) is 0 Å². The van der Waals surface area contributed by atoms with E-state index in [4.69, 9.17) is 4.74 Å². The summed E-state index contributed by atoms with van der Waals surface area (Å²) in [5.74, 6) is 0.785. The molecule has 0 aliphatic carbocycles. The predicted molar refractivity (Wildman–Crippen MR) is 137 cm³/mol. The number of fused-ring (bicyclic) bond motifs is 2. The molecule has 3 heterocycles. The van der Waals surface area contributed by atoms with Crippen molar-refractivity contribution >= 4 is 55.0 Å². The highest BCUT2D eigenvalue weighted by Crippen LogP contribution is 2.38. The number of pyridine rings is 1. The van der Waals surface area contributed by atoms with Crippen molar-refractivity contribution in [2.45, 2.75) is 38.7 Å². The molecule has 1 aromatic heterocycles. The van der Waals surface area contributed by atoms with Gasteiger partial charge in [-0.2, -0.15) is 0 Å². The maximum absolute atomic E-state index is 11.6. The number of benzene rings is 2. The Morgan fingerprint density at radius 3 is 2.18 bits per heavy atom. The molecular formula is C25H23Br2N3O4. The van der Waals surface area contributed by atoms with E-state index in [1.54, 1.807) is 12.3 Å². The highest BCUT2D eigenvalue weighted by atomic mass is 79.9.